The Bertz CT molecular complexity index is 457. The van der Waals surface area contributed by atoms with Gasteiger partial charge in [0, 0.05) is 24.6 Å². The van der Waals surface area contributed by atoms with Crippen LogP contribution in [0.15, 0.2) is 36.7 Å². The lowest BCUT2D eigenvalue weighted by Gasteiger charge is -2.08. The molecular weight excluding hydrogens is 210 g/mol. The largest absolute Gasteiger partial charge is 0.378 e. The predicted octanol–water partition coefficient (Wildman–Crippen LogP) is 3.08. The zero-order chi connectivity index (χ0) is 12.1. The molecule has 1 N–H and O–H groups in total. The lowest BCUT2D eigenvalue weighted by molar-refractivity contribution is 0.708. The summed E-state index contributed by atoms with van der Waals surface area (Å²) in [6.45, 7) is 6.03. The Hall–Kier alpha value is -1.77. The van der Waals surface area contributed by atoms with Gasteiger partial charge in [-0.25, -0.2) is 4.98 Å². The standard InChI is InChI=1S/C14H19N3/c1-3-12-5-7-13(8-6-12)16-11-14-15-9-10-17(14)4-2/h5-10,16H,3-4,11H2,1-2H3. The molecule has 1 aromatic carbocycles. The van der Waals surface area contributed by atoms with Gasteiger partial charge in [-0.3, -0.25) is 0 Å². The van der Waals surface area contributed by atoms with Gasteiger partial charge in [-0.2, -0.15) is 0 Å². The van der Waals surface area contributed by atoms with E-state index in [-0.39, 0.29) is 0 Å². The number of rotatable bonds is 5. The molecule has 0 spiro atoms. The fourth-order valence-electron chi connectivity index (χ4n) is 1.83. The van der Waals surface area contributed by atoms with E-state index in [2.05, 4.69) is 53.0 Å². The van der Waals surface area contributed by atoms with E-state index in [0.29, 0.717) is 0 Å². The molecule has 90 valence electrons. The maximum atomic E-state index is 4.34. The van der Waals surface area contributed by atoms with E-state index >= 15 is 0 Å². The fourth-order valence-corrected chi connectivity index (χ4v) is 1.83. The van der Waals surface area contributed by atoms with Crippen LogP contribution in [-0.2, 0) is 19.5 Å². The van der Waals surface area contributed by atoms with Gasteiger partial charge in [0.25, 0.3) is 0 Å². The van der Waals surface area contributed by atoms with E-state index in [9.17, 15) is 0 Å². The predicted molar refractivity (Wildman–Crippen MR) is 71.0 cm³/mol. The zero-order valence-corrected chi connectivity index (χ0v) is 10.5. The Morgan fingerprint density at radius 2 is 1.94 bits per heavy atom. The first-order valence-electron chi connectivity index (χ1n) is 6.16. The van der Waals surface area contributed by atoms with Gasteiger partial charge >= 0.3 is 0 Å². The molecule has 3 nitrogen and oxygen atoms in total. The van der Waals surface area contributed by atoms with Crippen molar-refractivity contribution in [1.82, 2.24) is 9.55 Å². The highest BCUT2D eigenvalue weighted by molar-refractivity contribution is 5.44. The van der Waals surface area contributed by atoms with Gasteiger partial charge in [0.05, 0.1) is 6.54 Å². The van der Waals surface area contributed by atoms with Crippen molar-refractivity contribution in [3.05, 3.63) is 48.0 Å². The molecule has 0 unspecified atom stereocenters. The molecule has 0 aliphatic carbocycles. The Kier molecular flexibility index (Phi) is 3.81. The van der Waals surface area contributed by atoms with Gasteiger partial charge in [-0.15, -0.1) is 0 Å². The number of hydrogen-bond donors (Lipinski definition) is 1. The summed E-state index contributed by atoms with van der Waals surface area (Å²) in [5.41, 5.74) is 2.51. The third-order valence-corrected chi connectivity index (χ3v) is 2.96. The van der Waals surface area contributed by atoms with Crippen LogP contribution in [-0.4, -0.2) is 9.55 Å². The minimum absolute atomic E-state index is 0.770. The molecule has 1 heterocycles. The zero-order valence-electron chi connectivity index (χ0n) is 10.5. The monoisotopic (exact) mass is 229 g/mol. The molecule has 0 aliphatic rings. The second-order valence-corrected chi connectivity index (χ2v) is 4.03. The summed E-state index contributed by atoms with van der Waals surface area (Å²) in [5, 5.41) is 3.39. The molecule has 0 fully saturated rings. The van der Waals surface area contributed by atoms with E-state index < -0.39 is 0 Å². The third kappa shape index (κ3) is 2.87. The summed E-state index contributed by atoms with van der Waals surface area (Å²) in [5.74, 6) is 1.08. The second kappa shape index (κ2) is 5.53. The fraction of sp³-hybridized carbons (Fsp3) is 0.357. The highest BCUT2D eigenvalue weighted by Gasteiger charge is 2.00. The number of nitrogens with zero attached hydrogens (tertiary/aromatic N) is 2. The number of benzene rings is 1. The quantitative estimate of drug-likeness (QED) is 0.854. The first-order valence-corrected chi connectivity index (χ1v) is 6.16. The smallest absolute Gasteiger partial charge is 0.128 e. The van der Waals surface area contributed by atoms with Crippen LogP contribution in [0.3, 0.4) is 0 Å². The molecule has 2 rings (SSSR count). The van der Waals surface area contributed by atoms with E-state index in [1.54, 1.807) is 0 Å². The van der Waals surface area contributed by atoms with Crippen molar-refractivity contribution in [3.8, 4) is 0 Å². The Balaban J connectivity index is 1.97. The van der Waals surface area contributed by atoms with Gasteiger partial charge in [0.15, 0.2) is 0 Å². The average molecular weight is 229 g/mol. The molecule has 2 aromatic rings. The van der Waals surface area contributed by atoms with Crippen molar-refractivity contribution >= 4 is 5.69 Å². The Morgan fingerprint density at radius 1 is 1.18 bits per heavy atom. The van der Waals surface area contributed by atoms with Crippen LogP contribution in [0.25, 0.3) is 0 Å². The van der Waals surface area contributed by atoms with Crippen LogP contribution in [0.2, 0.25) is 0 Å². The molecule has 0 aliphatic heterocycles. The summed E-state index contributed by atoms with van der Waals surface area (Å²) in [6.07, 6.45) is 4.94. The summed E-state index contributed by atoms with van der Waals surface area (Å²) >= 11 is 0. The van der Waals surface area contributed by atoms with Crippen LogP contribution < -0.4 is 5.32 Å². The average Bonchev–Trinajstić information content (AvgIpc) is 2.84. The van der Waals surface area contributed by atoms with Crippen LogP contribution in [0.5, 0.6) is 0 Å². The molecule has 0 saturated heterocycles. The van der Waals surface area contributed by atoms with Crippen LogP contribution in [0.4, 0.5) is 5.69 Å². The molecular formula is C14H19N3. The SMILES string of the molecule is CCc1ccc(NCc2nccn2CC)cc1. The first kappa shape index (κ1) is 11.7. The minimum Gasteiger partial charge on any atom is -0.378 e. The topological polar surface area (TPSA) is 29.9 Å². The highest BCUT2D eigenvalue weighted by atomic mass is 15.1. The molecule has 3 heteroatoms. The number of nitrogens with one attached hydrogen (secondary N) is 1. The second-order valence-electron chi connectivity index (χ2n) is 4.03. The highest BCUT2D eigenvalue weighted by Crippen LogP contribution is 2.11. The molecule has 1 aromatic heterocycles. The third-order valence-electron chi connectivity index (χ3n) is 2.96. The minimum atomic E-state index is 0.770. The van der Waals surface area contributed by atoms with Gasteiger partial charge in [0.1, 0.15) is 5.82 Å². The normalized spacial score (nSPS) is 10.5. The molecule has 17 heavy (non-hydrogen) atoms. The first-order chi connectivity index (χ1) is 8.33. The van der Waals surface area contributed by atoms with Crippen LogP contribution >= 0.6 is 0 Å². The number of anilines is 1. The summed E-state index contributed by atoms with van der Waals surface area (Å²) in [7, 11) is 0. The van der Waals surface area contributed by atoms with Crippen molar-refractivity contribution < 1.29 is 0 Å². The molecule has 0 saturated carbocycles. The Labute approximate surface area is 103 Å². The lowest BCUT2D eigenvalue weighted by Crippen LogP contribution is -2.07. The van der Waals surface area contributed by atoms with E-state index in [4.69, 9.17) is 0 Å². The maximum Gasteiger partial charge on any atom is 0.128 e. The van der Waals surface area contributed by atoms with Crippen molar-refractivity contribution in [2.24, 2.45) is 0 Å². The molecule has 0 amide bonds. The summed E-state index contributed by atoms with van der Waals surface area (Å²) in [6, 6.07) is 8.57. The van der Waals surface area contributed by atoms with Crippen molar-refractivity contribution in [2.75, 3.05) is 5.32 Å². The number of aryl methyl sites for hydroxylation is 2. The summed E-state index contributed by atoms with van der Waals surface area (Å²) < 4.78 is 2.15. The van der Waals surface area contributed by atoms with Gasteiger partial charge in [0.2, 0.25) is 0 Å². The number of aromatic nitrogens is 2. The van der Waals surface area contributed by atoms with E-state index in [0.717, 1.165) is 31.0 Å². The van der Waals surface area contributed by atoms with Crippen molar-refractivity contribution in [2.45, 2.75) is 33.4 Å². The molecule has 0 radical (unpaired) electrons. The van der Waals surface area contributed by atoms with Gasteiger partial charge in [-0.1, -0.05) is 19.1 Å². The molecule has 0 bridgehead atoms. The van der Waals surface area contributed by atoms with Crippen LogP contribution in [0, 0.1) is 0 Å². The van der Waals surface area contributed by atoms with Gasteiger partial charge < -0.3 is 9.88 Å². The van der Waals surface area contributed by atoms with E-state index in [1.807, 2.05) is 12.4 Å². The van der Waals surface area contributed by atoms with E-state index in [1.165, 1.54) is 5.56 Å². The van der Waals surface area contributed by atoms with Crippen LogP contribution in [0.1, 0.15) is 25.2 Å². The number of hydrogen-bond acceptors (Lipinski definition) is 2. The van der Waals surface area contributed by atoms with Crippen molar-refractivity contribution in [1.29, 1.82) is 0 Å². The van der Waals surface area contributed by atoms with Gasteiger partial charge in [-0.05, 0) is 31.0 Å². The molecule has 0 atom stereocenters. The Morgan fingerprint density at radius 3 is 2.59 bits per heavy atom. The maximum absolute atomic E-state index is 4.34. The summed E-state index contributed by atoms with van der Waals surface area (Å²) in [4.78, 5) is 4.34. The van der Waals surface area contributed by atoms with Crippen molar-refractivity contribution in [3.63, 3.8) is 0 Å². The number of imidazole rings is 1. The lowest BCUT2D eigenvalue weighted by atomic mass is 10.1.